The Morgan fingerprint density at radius 3 is 2.68 bits per heavy atom. The van der Waals surface area contributed by atoms with Gasteiger partial charge in [0.1, 0.15) is 18.0 Å². The first kappa shape index (κ1) is 17.2. The number of carbonyl (C=O) groups is 1. The van der Waals surface area contributed by atoms with Gasteiger partial charge in [0.2, 0.25) is 0 Å². The molecule has 1 aromatic heterocycles. The maximum atomic E-state index is 12.2. The summed E-state index contributed by atoms with van der Waals surface area (Å²) in [5, 5.41) is 6.19. The van der Waals surface area contributed by atoms with Crippen molar-refractivity contribution in [2.75, 3.05) is 36.4 Å². The molecule has 0 spiro atoms. The fraction of sp³-hybridized carbons (Fsp3) is 0.421. The van der Waals surface area contributed by atoms with E-state index in [1.165, 1.54) is 12.8 Å². The molecule has 132 valence electrons. The van der Waals surface area contributed by atoms with Crippen molar-refractivity contribution in [3.05, 3.63) is 47.3 Å². The van der Waals surface area contributed by atoms with E-state index in [0.29, 0.717) is 13.1 Å². The van der Waals surface area contributed by atoms with Crippen LogP contribution < -0.4 is 15.5 Å². The van der Waals surface area contributed by atoms with Gasteiger partial charge in [-0.3, -0.25) is 4.79 Å². The maximum absolute atomic E-state index is 12.2. The van der Waals surface area contributed by atoms with Gasteiger partial charge in [0, 0.05) is 37.8 Å². The molecule has 2 aromatic rings. The van der Waals surface area contributed by atoms with Gasteiger partial charge in [-0.05, 0) is 38.3 Å². The number of hydrogen-bond acceptors (Lipinski definition) is 5. The number of aryl methyl sites for hydroxylation is 2. The first-order chi connectivity index (χ1) is 12.1. The van der Waals surface area contributed by atoms with Crippen LogP contribution in [0.2, 0.25) is 0 Å². The number of nitrogens with zero attached hydrogens (tertiary/aromatic N) is 3. The second-order valence-electron chi connectivity index (χ2n) is 6.46. The molecule has 6 heteroatoms. The summed E-state index contributed by atoms with van der Waals surface area (Å²) in [6.07, 6.45) is 4.03. The molecule has 3 rings (SSSR count). The Morgan fingerprint density at radius 1 is 1.12 bits per heavy atom. The topological polar surface area (TPSA) is 70.2 Å². The van der Waals surface area contributed by atoms with E-state index in [2.05, 4.69) is 25.5 Å². The van der Waals surface area contributed by atoms with Crippen molar-refractivity contribution in [1.82, 2.24) is 15.3 Å². The minimum atomic E-state index is -0.0419. The number of carbonyl (C=O) groups excluding carboxylic acids is 1. The number of benzene rings is 1. The van der Waals surface area contributed by atoms with Crippen LogP contribution in [-0.2, 0) is 0 Å². The van der Waals surface area contributed by atoms with E-state index in [1.54, 1.807) is 6.33 Å². The summed E-state index contributed by atoms with van der Waals surface area (Å²) in [7, 11) is 0. The van der Waals surface area contributed by atoms with Gasteiger partial charge in [0.15, 0.2) is 0 Å². The molecule has 0 aliphatic carbocycles. The summed E-state index contributed by atoms with van der Waals surface area (Å²) in [6, 6.07) is 7.83. The van der Waals surface area contributed by atoms with Crippen molar-refractivity contribution in [2.45, 2.75) is 26.7 Å². The Kier molecular flexibility index (Phi) is 5.48. The molecule has 2 heterocycles. The number of nitrogens with one attached hydrogen (secondary N) is 2. The molecular formula is C19H25N5O. The minimum Gasteiger partial charge on any atom is -0.368 e. The molecule has 1 aromatic carbocycles. The monoisotopic (exact) mass is 339 g/mol. The third kappa shape index (κ3) is 4.47. The predicted octanol–water partition coefficient (Wildman–Crippen LogP) is 2.54. The lowest BCUT2D eigenvalue weighted by molar-refractivity contribution is 0.0954. The SMILES string of the molecule is Cc1ccc(C(=O)NCCNc2cc(N3CCCC3)ncn2)c(C)c1. The standard InChI is InChI=1S/C19H25N5O/c1-14-5-6-16(15(2)11-14)19(25)21-8-7-20-17-12-18(23-13-22-17)24-9-3-4-10-24/h5-6,11-13H,3-4,7-10H2,1-2H3,(H,21,25)(H,20,22,23). The molecule has 0 saturated carbocycles. The first-order valence-corrected chi connectivity index (χ1v) is 8.80. The highest BCUT2D eigenvalue weighted by molar-refractivity contribution is 5.95. The molecule has 1 saturated heterocycles. The first-order valence-electron chi connectivity index (χ1n) is 8.80. The second-order valence-corrected chi connectivity index (χ2v) is 6.46. The Bertz CT molecular complexity index is 740. The molecule has 1 aliphatic heterocycles. The van der Waals surface area contributed by atoms with Crippen molar-refractivity contribution in [1.29, 1.82) is 0 Å². The molecule has 0 bridgehead atoms. The van der Waals surface area contributed by atoms with Crippen molar-refractivity contribution in [3.8, 4) is 0 Å². The minimum absolute atomic E-state index is 0.0419. The van der Waals surface area contributed by atoms with Gasteiger partial charge < -0.3 is 15.5 Å². The zero-order valence-electron chi connectivity index (χ0n) is 14.9. The molecule has 1 amide bonds. The van der Waals surface area contributed by atoms with Gasteiger partial charge in [0.25, 0.3) is 5.91 Å². The smallest absolute Gasteiger partial charge is 0.251 e. The number of hydrogen-bond donors (Lipinski definition) is 2. The number of amides is 1. The van der Waals surface area contributed by atoms with E-state index in [1.807, 2.05) is 38.1 Å². The molecule has 1 aliphatic rings. The van der Waals surface area contributed by atoms with E-state index in [9.17, 15) is 4.79 Å². The van der Waals surface area contributed by atoms with Gasteiger partial charge in [-0.1, -0.05) is 17.7 Å². The van der Waals surface area contributed by atoms with Crippen LogP contribution in [0, 0.1) is 13.8 Å². The maximum Gasteiger partial charge on any atom is 0.251 e. The van der Waals surface area contributed by atoms with Crippen LogP contribution in [0.25, 0.3) is 0 Å². The average Bonchev–Trinajstić information content (AvgIpc) is 3.13. The third-order valence-corrected chi connectivity index (χ3v) is 4.43. The van der Waals surface area contributed by atoms with Crippen molar-refractivity contribution >= 4 is 17.5 Å². The van der Waals surface area contributed by atoms with Crippen LogP contribution in [0.4, 0.5) is 11.6 Å². The molecule has 6 nitrogen and oxygen atoms in total. The lowest BCUT2D eigenvalue weighted by Gasteiger charge is -2.16. The zero-order valence-corrected chi connectivity index (χ0v) is 14.9. The highest BCUT2D eigenvalue weighted by Crippen LogP contribution is 2.19. The highest BCUT2D eigenvalue weighted by atomic mass is 16.1. The lowest BCUT2D eigenvalue weighted by atomic mass is 10.1. The molecule has 0 atom stereocenters. The fourth-order valence-electron chi connectivity index (χ4n) is 3.09. The Hall–Kier alpha value is -2.63. The number of anilines is 2. The summed E-state index contributed by atoms with van der Waals surface area (Å²) < 4.78 is 0. The van der Waals surface area contributed by atoms with E-state index in [4.69, 9.17) is 0 Å². The predicted molar refractivity (Wildman–Crippen MR) is 100 cm³/mol. The van der Waals surface area contributed by atoms with Crippen molar-refractivity contribution < 1.29 is 4.79 Å². The van der Waals surface area contributed by atoms with Gasteiger partial charge in [-0.2, -0.15) is 0 Å². The molecule has 1 fully saturated rings. The fourth-order valence-corrected chi connectivity index (χ4v) is 3.09. The molecule has 2 N–H and O–H groups in total. The largest absolute Gasteiger partial charge is 0.368 e. The Balaban J connectivity index is 1.48. The van der Waals surface area contributed by atoms with Crippen LogP contribution >= 0.6 is 0 Å². The lowest BCUT2D eigenvalue weighted by Crippen LogP contribution is -2.29. The molecule has 0 unspecified atom stereocenters. The Morgan fingerprint density at radius 2 is 1.92 bits per heavy atom. The van der Waals surface area contributed by atoms with Gasteiger partial charge >= 0.3 is 0 Å². The van der Waals surface area contributed by atoms with Crippen LogP contribution in [0.1, 0.15) is 34.3 Å². The molecule has 25 heavy (non-hydrogen) atoms. The van der Waals surface area contributed by atoms with Crippen molar-refractivity contribution in [2.24, 2.45) is 0 Å². The van der Waals surface area contributed by atoms with Crippen molar-refractivity contribution in [3.63, 3.8) is 0 Å². The summed E-state index contributed by atoms with van der Waals surface area (Å²) in [5.74, 6) is 1.71. The van der Waals surface area contributed by atoms with E-state index in [-0.39, 0.29) is 5.91 Å². The van der Waals surface area contributed by atoms with Crippen LogP contribution in [0.3, 0.4) is 0 Å². The Labute approximate surface area is 148 Å². The quantitative estimate of drug-likeness (QED) is 0.792. The van der Waals surface area contributed by atoms with Gasteiger partial charge in [-0.15, -0.1) is 0 Å². The second kappa shape index (κ2) is 7.96. The summed E-state index contributed by atoms with van der Waals surface area (Å²) in [5.41, 5.74) is 2.88. The normalized spacial score (nSPS) is 13.8. The number of rotatable bonds is 6. The molecule has 0 radical (unpaired) electrons. The third-order valence-electron chi connectivity index (χ3n) is 4.43. The van der Waals surface area contributed by atoms with E-state index in [0.717, 1.165) is 41.4 Å². The van der Waals surface area contributed by atoms with E-state index < -0.39 is 0 Å². The zero-order chi connectivity index (χ0) is 17.6. The highest BCUT2D eigenvalue weighted by Gasteiger charge is 2.14. The number of aromatic nitrogens is 2. The summed E-state index contributed by atoms with van der Waals surface area (Å²) >= 11 is 0. The van der Waals surface area contributed by atoms with E-state index >= 15 is 0 Å². The van der Waals surface area contributed by atoms with Gasteiger partial charge in [0.05, 0.1) is 0 Å². The van der Waals surface area contributed by atoms with Crippen LogP contribution in [-0.4, -0.2) is 42.1 Å². The summed E-state index contributed by atoms with van der Waals surface area (Å²) in [6.45, 7) is 7.25. The van der Waals surface area contributed by atoms with Crippen LogP contribution in [0.5, 0.6) is 0 Å². The van der Waals surface area contributed by atoms with Gasteiger partial charge in [-0.25, -0.2) is 9.97 Å². The molecular weight excluding hydrogens is 314 g/mol. The van der Waals surface area contributed by atoms with Crippen LogP contribution in [0.15, 0.2) is 30.6 Å². The average molecular weight is 339 g/mol. The summed E-state index contributed by atoms with van der Waals surface area (Å²) in [4.78, 5) is 23.1.